The first-order valence-corrected chi connectivity index (χ1v) is 5.86. The molecule has 0 spiro atoms. The van der Waals surface area contributed by atoms with E-state index in [9.17, 15) is 4.79 Å². The summed E-state index contributed by atoms with van der Waals surface area (Å²) in [4.78, 5) is 12.1. The molecule has 0 aliphatic carbocycles. The molecule has 1 aromatic heterocycles. The molecule has 3 nitrogen and oxygen atoms in total. The molecular weight excluding hydrogens is 212 g/mol. The lowest BCUT2D eigenvalue weighted by molar-refractivity contribution is -0.144. The zero-order chi connectivity index (χ0) is 10.9. The summed E-state index contributed by atoms with van der Waals surface area (Å²) in [7, 11) is 0. The number of rotatable bonds is 4. The molecule has 1 aromatic rings. The highest BCUT2D eigenvalue weighted by molar-refractivity contribution is 7.10. The lowest BCUT2D eigenvalue weighted by atomic mass is 9.76. The smallest absolute Gasteiger partial charge is 0.306 e. The lowest BCUT2D eigenvalue weighted by Gasteiger charge is -2.41. The molecule has 1 saturated heterocycles. The van der Waals surface area contributed by atoms with Gasteiger partial charge in [-0.1, -0.05) is 13.0 Å². The quantitative estimate of drug-likeness (QED) is 0.855. The van der Waals surface area contributed by atoms with E-state index in [0.29, 0.717) is 19.6 Å². The molecule has 4 heteroatoms. The van der Waals surface area contributed by atoms with E-state index >= 15 is 0 Å². The van der Waals surface area contributed by atoms with Crippen molar-refractivity contribution >= 4 is 17.3 Å². The molecule has 0 bridgehead atoms. The number of ether oxygens (including phenoxy) is 1. The first-order valence-electron chi connectivity index (χ1n) is 4.99. The fourth-order valence-corrected chi connectivity index (χ4v) is 2.87. The van der Waals surface area contributed by atoms with Crippen LogP contribution in [0.5, 0.6) is 0 Å². The molecule has 15 heavy (non-hydrogen) atoms. The lowest BCUT2D eigenvalue weighted by Crippen LogP contribution is -2.47. The normalized spacial score (nSPS) is 20.6. The molecule has 2 rings (SSSR count). The van der Waals surface area contributed by atoms with Crippen molar-refractivity contribution in [3.8, 4) is 0 Å². The van der Waals surface area contributed by atoms with Crippen molar-refractivity contribution in [2.75, 3.05) is 13.2 Å². The number of hydrogen-bond acceptors (Lipinski definition) is 3. The van der Waals surface area contributed by atoms with Crippen molar-refractivity contribution in [3.63, 3.8) is 0 Å². The molecule has 82 valence electrons. The van der Waals surface area contributed by atoms with Gasteiger partial charge in [0.2, 0.25) is 0 Å². The Morgan fingerprint density at radius 1 is 1.73 bits per heavy atom. The number of carboxylic acid groups (broad SMARTS) is 1. The van der Waals surface area contributed by atoms with Gasteiger partial charge < -0.3 is 9.84 Å². The Balaban J connectivity index is 2.13. The highest BCUT2D eigenvalue weighted by Crippen LogP contribution is 2.40. The standard InChI is InChI=1S/C11H14O3S/c1-8(10(12)13)5-11(6-14-7-11)9-3-2-4-15-9/h2-4,8H,5-7H2,1H3,(H,12,13). The summed E-state index contributed by atoms with van der Waals surface area (Å²) in [6, 6.07) is 4.08. The summed E-state index contributed by atoms with van der Waals surface area (Å²) in [5.74, 6) is -1.03. The van der Waals surface area contributed by atoms with E-state index in [2.05, 4.69) is 6.07 Å². The molecule has 0 aromatic carbocycles. The monoisotopic (exact) mass is 226 g/mol. The number of carbonyl (C=O) groups is 1. The van der Waals surface area contributed by atoms with Crippen LogP contribution in [0.3, 0.4) is 0 Å². The van der Waals surface area contributed by atoms with Crippen molar-refractivity contribution in [2.24, 2.45) is 5.92 Å². The van der Waals surface area contributed by atoms with Crippen LogP contribution in [-0.4, -0.2) is 24.3 Å². The van der Waals surface area contributed by atoms with Gasteiger partial charge in [0, 0.05) is 4.88 Å². The maximum Gasteiger partial charge on any atom is 0.306 e. The van der Waals surface area contributed by atoms with Gasteiger partial charge in [0.05, 0.1) is 24.5 Å². The maximum atomic E-state index is 10.8. The summed E-state index contributed by atoms with van der Waals surface area (Å²) in [6.07, 6.45) is 0.669. The Morgan fingerprint density at radius 2 is 2.47 bits per heavy atom. The van der Waals surface area contributed by atoms with Gasteiger partial charge in [-0.25, -0.2) is 0 Å². The Morgan fingerprint density at radius 3 is 2.87 bits per heavy atom. The minimum atomic E-state index is -0.724. The van der Waals surface area contributed by atoms with E-state index in [4.69, 9.17) is 9.84 Å². The Hall–Kier alpha value is -0.870. The van der Waals surface area contributed by atoms with Crippen LogP contribution in [-0.2, 0) is 14.9 Å². The number of carboxylic acids is 1. The number of thiophene rings is 1. The fraction of sp³-hybridized carbons (Fsp3) is 0.545. The SMILES string of the molecule is CC(CC1(c2cccs2)COC1)C(=O)O. The first-order chi connectivity index (χ1) is 7.14. The van der Waals surface area contributed by atoms with E-state index < -0.39 is 5.97 Å². The van der Waals surface area contributed by atoms with Crippen LogP contribution in [0, 0.1) is 5.92 Å². The van der Waals surface area contributed by atoms with Gasteiger partial charge in [-0.2, -0.15) is 0 Å². The van der Waals surface area contributed by atoms with E-state index in [-0.39, 0.29) is 11.3 Å². The summed E-state index contributed by atoms with van der Waals surface area (Å²) in [5.41, 5.74) is -0.0357. The van der Waals surface area contributed by atoms with Gasteiger partial charge >= 0.3 is 5.97 Å². The topological polar surface area (TPSA) is 46.5 Å². The van der Waals surface area contributed by atoms with Gasteiger partial charge in [-0.3, -0.25) is 4.79 Å². The number of aliphatic carboxylic acids is 1. The third kappa shape index (κ3) is 1.92. The summed E-state index contributed by atoms with van der Waals surface area (Å²) < 4.78 is 5.26. The molecule has 1 atom stereocenters. The first kappa shape index (κ1) is 10.6. The van der Waals surface area contributed by atoms with E-state index in [1.165, 1.54) is 4.88 Å². The highest BCUT2D eigenvalue weighted by Gasteiger charge is 2.43. The predicted octanol–water partition coefficient (Wildman–Crippen LogP) is 2.13. The van der Waals surface area contributed by atoms with Crippen LogP contribution >= 0.6 is 11.3 Å². The summed E-state index contributed by atoms with van der Waals surface area (Å²) in [5, 5.41) is 11.0. The molecule has 1 fully saturated rings. The van der Waals surface area contributed by atoms with Crippen molar-refractivity contribution in [2.45, 2.75) is 18.8 Å². The summed E-state index contributed by atoms with van der Waals surface area (Å²) >= 11 is 1.69. The molecule has 1 unspecified atom stereocenters. The highest BCUT2D eigenvalue weighted by atomic mass is 32.1. The molecule has 0 amide bonds. The van der Waals surface area contributed by atoms with Gasteiger partial charge in [-0.05, 0) is 17.9 Å². The minimum Gasteiger partial charge on any atom is -0.481 e. The molecule has 2 heterocycles. The Labute approximate surface area is 92.7 Å². The van der Waals surface area contributed by atoms with Gasteiger partial charge in [-0.15, -0.1) is 11.3 Å². The van der Waals surface area contributed by atoms with Gasteiger partial charge in [0.1, 0.15) is 0 Å². The average Bonchev–Trinajstić information content (AvgIpc) is 2.63. The second kappa shape index (κ2) is 3.94. The van der Waals surface area contributed by atoms with Crippen molar-refractivity contribution in [3.05, 3.63) is 22.4 Å². The van der Waals surface area contributed by atoms with Crippen LogP contribution in [0.2, 0.25) is 0 Å². The molecule has 1 N–H and O–H groups in total. The Kier molecular flexibility index (Phi) is 2.80. The van der Waals surface area contributed by atoms with Crippen molar-refractivity contribution < 1.29 is 14.6 Å². The predicted molar refractivity (Wildman–Crippen MR) is 58.2 cm³/mol. The molecule has 1 aliphatic heterocycles. The third-order valence-electron chi connectivity index (χ3n) is 2.92. The molecular formula is C11H14O3S. The van der Waals surface area contributed by atoms with Crippen molar-refractivity contribution in [1.29, 1.82) is 0 Å². The zero-order valence-electron chi connectivity index (χ0n) is 8.60. The van der Waals surface area contributed by atoms with E-state index in [1.807, 2.05) is 11.4 Å². The van der Waals surface area contributed by atoms with Crippen LogP contribution in [0.4, 0.5) is 0 Å². The maximum absolute atomic E-state index is 10.8. The van der Waals surface area contributed by atoms with E-state index in [0.717, 1.165) is 0 Å². The zero-order valence-corrected chi connectivity index (χ0v) is 9.42. The molecule has 0 saturated carbocycles. The van der Waals surface area contributed by atoms with E-state index in [1.54, 1.807) is 18.3 Å². The second-order valence-corrected chi connectivity index (χ2v) is 5.14. The molecule has 0 radical (unpaired) electrons. The van der Waals surface area contributed by atoms with Crippen LogP contribution in [0.25, 0.3) is 0 Å². The summed E-state index contributed by atoms with van der Waals surface area (Å²) in [6.45, 7) is 3.08. The van der Waals surface area contributed by atoms with Crippen LogP contribution in [0.1, 0.15) is 18.2 Å². The van der Waals surface area contributed by atoms with Crippen molar-refractivity contribution in [1.82, 2.24) is 0 Å². The van der Waals surface area contributed by atoms with Crippen LogP contribution < -0.4 is 0 Å². The third-order valence-corrected chi connectivity index (χ3v) is 4.04. The molecule has 1 aliphatic rings. The minimum absolute atomic E-state index is 0.0357. The van der Waals surface area contributed by atoms with Crippen LogP contribution in [0.15, 0.2) is 17.5 Å². The average molecular weight is 226 g/mol. The number of hydrogen-bond donors (Lipinski definition) is 1. The Bertz CT molecular complexity index is 341. The fourth-order valence-electron chi connectivity index (χ4n) is 1.96. The second-order valence-electron chi connectivity index (χ2n) is 4.19. The van der Waals surface area contributed by atoms with Gasteiger partial charge in [0.25, 0.3) is 0 Å². The van der Waals surface area contributed by atoms with Gasteiger partial charge in [0.15, 0.2) is 0 Å². The largest absolute Gasteiger partial charge is 0.481 e.